The van der Waals surface area contributed by atoms with Gasteiger partial charge in [-0.3, -0.25) is 0 Å². The van der Waals surface area contributed by atoms with Gasteiger partial charge >= 0.3 is 0 Å². The van der Waals surface area contributed by atoms with Gasteiger partial charge in [0.05, 0.1) is 0 Å². The Morgan fingerprint density at radius 3 is 2.13 bits per heavy atom. The average molecular weight is 213 g/mol. The molecule has 0 aliphatic carbocycles. The van der Waals surface area contributed by atoms with Crippen LogP contribution in [0.2, 0.25) is 0 Å². The molecule has 0 amide bonds. The van der Waals surface area contributed by atoms with Crippen molar-refractivity contribution in [3.05, 3.63) is 0 Å². The molecule has 0 spiro atoms. The normalized spacial score (nSPS) is 15.6. The summed E-state index contributed by atoms with van der Waals surface area (Å²) in [6.45, 7) is 10.5. The summed E-state index contributed by atoms with van der Waals surface area (Å²) >= 11 is 0. The first-order valence-electron chi connectivity index (χ1n) is 6.85. The van der Waals surface area contributed by atoms with Gasteiger partial charge in [0.25, 0.3) is 0 Å². The highest BCUT2D eigenvalue weighted by molar-refractivity contribution is 4.67. The molecule has 92 valence electrons. The van der Waals surface area contributed by atoms with E-state index in [1.807, 2.05) is 0 Å². The quantitative estimate of drug-likeness (QED) is 0.515. The average Bonchev–Trinajstić information content (AvgIpc) is 2.26. The van der Waals surface area contributed by atoms with Gasteiger partial charge in [-0.2, -0.15) is 0 Å². The molecule has 2 atom stereocenters. The number of rotatable bonds is 9. The fourth-order valence-electron chi connectivity index (χ4n) is 2.01. The van der Waals surface area contributed by atoms with Gasteiger partial charge in [-0.15, -0.1) is 0 Å². The monoisotopic (exact) mass is 213 g/mol. The van der Waals surface area contributed by atoms with Crippen LogP contribution >= 0.6 is 0 Å². The van der Waals surface area contributed by atoms with E-state index < -0.39 is 0 Å². The molecule has 1 nitrogen and oxygen atoms in total. The number of hydrogen-bond acceptors (Lipinski definition) is 1. The van der Waals surface area contributed by atoms with Gasteiger partial charge in [-0.1, -0.05) is 46.5 Å². The molecule has 2 unspecified atom stereocenters. The van der Waals surface area contributed by atoms with Gasteiger partial charge in [-0.25, -0.2) is 0 Å². The summed E-state index contributed by atoms with van der Waals surface area (Å²) in [5, 5.41) is 0. The van der Waals surface area contributed by atoms with E-state index in [1.54, 1.807) is 0 Å². The van der Waals surface area contributed by atoms with E-state index in [4.69, 9.17) is 0 Å². The maximum Gasteiger partial charge on any atom is 0.00613 e. The van der Waals surface area contributed by atoms with Crippen molar-refractivity contribution >= 4 is 0 Å². The third-order valence-electron chi connectivity index (χ3n) is 3.68. The van der Waals surface area contributed by atoms with E-state index in [9.17, 15) is 0 Å². The summed E-state index contributed by atoms with van der Waals surface area (Å²) in [4.78, 5) is 2.53. The van der Waals surface area contributed by atoms with Crippen molar-refractivity contribution in [3.8, 4) is 0 Å². The van der Waals surface area contributed by atoms with Gasteiger partial charge in [0.1, 0.15) is 0 Å². The lowest BCUT2D eigenvalue weighted by molar-refractivity contribution is 0.203. The molecule has 0 radical (unpaired) electrons. The fourth-order valence-corrected chi connectivity index (χ4v) is 2.01. The minimum absolute atomic E-state index is 0.741. The van der Waals surface area contributed by atoms with Gasteiger partial charge in [0.15, 0.2) is 0 Å². The molecule has 0 aromatic rings. The lowest BCUT2D eigenvalue weighted by atomic mass is 9.97. The topological polar surface area (TPSA) is 3.24 Å². The number of nitrogens with zero attached hydrogens (tertiary/aromatic N) is 1. The second-order valence-corrected chi connectivity index (χ2v) is 4.97. The Labute approximate surface area is 97.2 Å². The summed E-state index contributed by atoms with van der Waals surface area (Å²) in [6, 6.07) is 0.741. The molecule has 0 rings (SSSR count). The lowest BCUT2D eigenvalue weighted by Crippen LogP contribution is -2.33. The first kappa shape index (κ1) is 15.0. The molecule has 0 aliphatic rings. The van der Waals surface area contributed by atoms with Crippen LogP contribution in [0.25, 0.3) is 0 Å². The molecule has 0 saturated carbocycles. The van der Waals surface area contributed by atoms with Crippen LogP contribution in [0.4, 0.5) is 0 Å². The van der Waals surface area contributed by atoms with Gasteiger partial charge in [-0.05, 0) is 32.7 Å². The third kappa shape index (κ3) is 6.94. The SMILES string of the molecule is CCCCCC(CC)CN(C)C(C)CC. The standard InChI is InChI=1S/C14H31N/c1-6-9-10-11-14(8-3)12-15(5)13(4)7-2/h13-14H,6-12H2,1-5H3. The Balaban J connectivity index is 3.76. The van der Waals surface area contributed by atoms with Crippen LogP contribution in [0.5, 0.6) is 0 Å². The summed E-state index contributed by atoms with van der Waals surface area (Å²) in [5.41, 5.74) is 0. The predicted octanol–water partition coefficient (Wildman–Crippen LogP) is 4.32. The number of unbranched alkanes of at least 4 members (excludes halogenated alkanes) is 2. The van der Waals surface area contributed by atoms with Crippen molar-refractivity contribution < 1.29 is 0 Å². The van der Waals surface area contributed by atoms with E-state index in [-0.39, 0.29) is 0 Å². The zero-order valence-corrected chi connectivity index (χ0v) is 11.6. The molecular formula is C14H31N. The van der Waals surface area contributed by atoms with E-state index in [2.05, 4.69) is 39.6 Å². The van der Waals surface area contributed by atoms with Crippen molar-refractivity contribution in [2.45, 2.75) is 72.3 Å². The van der Waals surface area contributed by atoms with Crippen molar-refractivity contribution in [2.24, 2.45) is 5.92 Å². The van der Waals surface area contributed by atoms with Crippen LogP contribution in [0, 0.1) is 5.92 Å². The maximum atomic E-state index is 2.53. The second-order valence-electron chi connectivity index (χ2n) is 4.97. The molecule has 0 heterocycles. The second kappa shape index (κ2) is 9.21. The summed E-state index contributed by atoms with van der Waals surface area (Å²) < 4.78 is 0. The first-order valence-corrected chi connectivity index (χ1v) is 6.85. The zero-order chi connectivity index (χ0) is 11.7. The summed E-state index contributed by atoms with van der Waals surface area (Å²) in [5.74, 6) is 0.913. The highest BCUT2D eigenvalue weighted by atomic mass is 15.1. The predicted molar refractivity (Wildman–Crippen MR) is 70.3 cm³/mol. The molecule has 0 saturated heterocycles. The zero-order valence-electron chi connectivity index (χ0n) is 11.6. The van der Waals surface area contributed by atoms with Crippen molar-refractivity contribution in [1.29, 1.82) is 0 Å². The van der Waals surface area contributed by atoms with Gasteiger partial charge < -0.3 is 4.90 Å². The maximum absolute atomic E-state index is 2.53. The molecule has 0 aromatic carbocycles. The van der Waals surface area contributed by atoms with E-state index in [1.165, 1.54) is 45.1 Å². The molecule has 0 bridgehead atoms. The Kier molecular flexibility index (Phi) is 9.18. The lowest BCUT2D eigenvalue weighted by Gasteiger charge is -2.28. The third-order valence-corrected chi connectivity index (χ3v) is 3.68. The van der Waals surface area contributed by atoms with E-state index in [0.717, 1.165) is 12.0 Å². The Morgan fingerprint density at radius 2 is 1.67 bits per heavy atom. The smallest absolute Gasteiger partial charge is 0.00613 e. The first-order chi connectivity index (χ1) is 7.15. The van der Waals surface area contributed by atoms with Gasteiger partial charge in [0.2, 0.25) is 0 Å². The molecule has 0 aromatic heterocycles. The van der Waals surface area contributed by atoms with Crippen LogP contribution in [0.3, 0.4) is 0 Å². The Morgan fingerprint density at radius 1 is 1.00 bits per heavy atom. The van der Waals surface area contributed by atoms with E-state index >= 15 is 0 Å². The van der Waals surface area contributed by atoms with Crippen LogP contribution < -0.4 is 0 Å². The molecule has 0 aliphatic heterocycles. The van der Waals surface area contributed by atoms with Crippen LogP contribution in [0.1, 0.15) is 66.2 Å². The van der Waals surface area contributed by atoms with Crippen LogP contribution in [-0.2, 0) is 0 Å². The van der Waals surface area contributed by atoms with Crippen LogP contribution in [-0.4, -0.2) is 24.5 Å². The van der Waals surface area contributed by atoms with Crippen molar-refractivity contribution in [3.63, 3.8) is 0 Å². The largest absolute Gasteiger partial charge is 0.303 e. The molecule has 0 fully saturated rings. The minimum Gasteiger partial charge on any atom is -0.303 e. The highest BCUT2D eigenvalue weighted by Crippen LogP contribution is 2.16. The Hall–Kier alpha value is -0.0400. The minimum atomic E-state index is 0.741. The fraction of sp³-hybridized carbons (Fsp3) is 1.00. The van der Waals surface area contributed by atoms with Crippen LogP contribution in [0.15, 0.2) is 0 Å². The highest BCUT2D eigenvalue weighted by Gasteiger charge is 2.12. The molecule has 15 heavy (non-hydrogen) atoms. The summed E-state index contributed by atoms with van der Waals surface area (Å²) in [7, 11) is 2.27. The van der Waals surface area contributed by atoms with Gasteiger partial charge in [0, 0.05) is 12.6 Å². The van der Waals surface area contributed by atoms with Crippen molar-refractivity contribution in [2.75, 3.05) is 13.6 Å². The van der Waals surface area contributed by atoms with Crippen molar-refractivity contribution in [1.82, 2.24) is 4.90 Å². The molecule has 0 N–H and O–H groups in total. The number of hydrogen-bond donors (Lipinski definition) is 0. The van der Waals surface area contributed by atoms with E-state index in [0.29, 0.717) is 0 Å². The molecule has 1 heteroatoms. The Bertz CT molecular complexity index is 133. The summed E-state index contributed by atoms with van der Waals surface area (Å²) in [6.07, 6.45) is 8.20. The molecular weight excluding hydrogens is 182 g/mol.